The number of esters is 1. The molecule has 2 aliphatic rings. The number of hydrogen-bond acceptors (Lipinski definition) is 5. The molecule has 7 heteroatoms. The summed E-state index contributed by atoms with van der Waals surface area (Å²) in [4.78, 5) is 40.6. The van der Waals surface area contributed by atoms with E-state index in [4.69, 9.17) is 4.74 Å². The summed E-state index contributed by atoms with van der Waals surface area (Å²) in [7, 11) is 0. The normalized spacial score (nSPS) is 23.9. The molecule has 0 aliphatic carbocycles. The van der Waals surface area contributed by atoms with Crippen LogP contribution in [0.2, 0.25) is 0 Å². The summed E-state index contributed by atoms with van der Waals surface area (Å²) in [6.07, 6.45) is 0.0443. The lowest BCUT2D eigenvalue weighted by atomic mass is 9.95. The van der Waals surface area contributed by atoms with Crippen molar-refractivity contribution in [1.82, 2.24) is 10.2 Å². The summed E-state index contributed by atoms with van der Waals surface area (Å²) >= 11 is 1.56. The van der Waals surface area contributed by atoms with Gasteiger partial charge in [0.15, 0.2) is 6.10 Å². The molecule has 174 valence electrons. The van der Waals surface area contributed by atoms with Crippen LogP contribution < -0.4 is 5.32 Å². The fraction of sp³-hybridized carbons (Fsp3) is 0.423. The minimum atomic E-state index is -0.840. The van der Waals surface area contributed by atoms with Gasteiger partial charge in [-0.2, -0.15) is 0 Å². The van der Waals surface area contributed by atoms with Gasteiger partial charge in [-0.3, -0.25) is 14.4 Å². The van der Waals surface area contributed by atoms with Crippen molar-refractivity contribution >= 4 is 29.5 Å². The van der Waals surface area contributed by atoms with Gasteiger partial charge in [0.05, 0.1) is 11.8 Å². The summed E-state index contributed by atoms with van der Waals surface area (Å²) in [5, 5.41) is 3.01. The Hall–Kier alpha value is -2.80. The number of nitrogens with zero attached hydrogens (tertiary/aromatic N) is 1. The first-order valence-electron chi connectivity index (χ1n) is 11.3. The third-order valence-corrected chi connectivity index (χ3v) is 7.86. The second-order valence-electron chi connectivity index (χ2n) is 9.28. The average molecular weight is 467 g/mol. The fourth-order valence-corrected chi connectivity index (χ4v) is 5.68. The van der Waals surface area contributed by atoms with Gasteiger partial charge in [-0.25, -0.2) is 0 Å². The number of carbonyl (C=O) groups is 3. The zero-order valence-corrected chi connectivity index (χ0v) is 20.1. The molecular weight excluding hydrogens is 436 g/mol. The van der Waals surface area contributed by atoms with Gasteiger partial charge in [-0.05, 0) is 43.9 Å². The Morgan fingerprint density at radius 2 is 1.82 bits per heavy atom. The minimum absolute atomic E-state index is 0.188. The average Bonchev–Trinajstić information content (AvgIpc) is 3.32. The van der Waals surface area contributed by atoms with Crippen molar-refractivity contribution in [3.8, 4) is 0 Å². The van der Waals surface area contributed by atoms with Crippen LogP contribution in [0.25, 0.3) is 0 Å². The fourth-order valence-electron chi connectivity index (χ4n) is 4.54. The molecule has 2 fully saturated rings. The monoisotopic (exact) mass is 466 g/mol. The van der Waals surface area contributed by atoms with Crippen molar-refractivity contribution < 1.29 is 19.1 Å². The highest BCUT2D eigenvalue weighted by Crippen LogP contribution is 2.40. The number of ether oxygens (including phenoxy) is 1. The Morgan fingerprint density at radius 1 is 1.12 bits per heavy atom. The number of carbonyl (C=O) groups excluding carboxylic acids is 3. The first-order chi connectivity index (χ1) is 15.8. The van der Waals surface area contributed by atoms with Crippen molar-refractivity contribution in [2.75, 3.05) is 5.88 Å². The van der Waals surface area contributed by atoms with Crippen LogP contribution in [0.5, 0.6) is 0 Å². The van der Waals surface area contributed by atoms with Gasteiger partial charge in [0.1, 0.15) is 6.04 Å². The number of thioether (sulfide) groups is 1. The topological polar surface area (TPSA) is 75.7 Å². The van der Waals surface area contributed by atoms with E-state index in [0.29, 0.717) is 25.3 Å². The van der Waals surface area contributed by atoms with Crippen molar-refractivity contribution in [3.05, 3.63) is 71.3 Å². The molecule has 0 unspecified atom stereocenters. The molecule has 2 aromatic carbocycles. The third-order valence-electron chi connectivity index (χ3n) is 6.48. The molecule has 0 spiro atoms. The van der Waals surface area contributed by atoms with E-state index < -0.39 is 16.9 Å². The number of aryl methyl sites for hydroxylation is 1. The van der Waals surface area contributed by atoms with Gasteiger partial charge < -0.3 is 15.0 Å². The molecule has 2 aromatic rings. The van der Waals surface area contributed by atoms with Crippen LogP contribution in [-0.4, -0.2) is 45.5 Å². The smallest absolute Gasteiger partial charge is 0.310 e. The molecule has 0 bridgehead atoms. The Kier molecular flexibility index (Phi) is 6.79. The van der Waals surface area contributed by atoms with E-state index in [1.807, 2.05) is 75.4 Å². The number of rotatable bonds is 6. The van der Waals surface area contributed by atoms with E-state index >= 15 is 0 Å². The summed E-state index contributed by atoms with van der Waals surface area (Å²) < 4.78 is 5.04. The number of amides is 2. The summed E-state index contributed by atoms with van der Waals surface area (Å²) in [6.45, 7) is 6.36. The highest BCUT2D eigenvalue weighted by Gasteiger charge is 2.51. The maximum Gasteiger partial charge on any atom is 0.310 e. The molecule has 1 N–H and O–H groups in total. The summed E-state index contributed by atoms with van der Waals surface area (Å²) in [6, 6.07) is 17.0. The standard InChI is InChI=1S/C26H30N2O4S/c1-17-9-7-8-12-19(17)15-27-23(29)22-26(2,3)33-16-28(22)24(30)21-14-20(25(31)32-21)13-18-10-5-4-6-11-18/h4-12,20-22H,13-16H2,1-3H3,(H,27,29)/t20-,21+,22-/m1/s1. The van der Waals surface area contributed by atoms with Crippen LogP contribution in [0.3, 0.4) is 0 Å². The predicted molar refractivity (Wildman–Crippen MR) is 128 cm³/mol. The highest BCUT2D eigenvalue weighted by atomic mass is 32.2. The van der Waals surface area contributed by atoms with E-state index in [1.165, 1.54) is 0 Å². The lowest BCUT2D eigenvalue weighted by molar-refractivity contribution is -0.155. The van der Waals surface area contributed by atoms with Gasteiger partial charge in [0.2, 0.25) is 5.91 Å². The molecule has 0 radical (unpaired) electrons. The summed E-state index contributed by atoms with van der Waals surface area (Å²) in [5.41, 5.74) is 3.19. The Bertz CT molecular complexity index is 1040. The van der Waals surface area contributed by atoms with Crippen LogP contribution >= 0.6 is 11.8 Å². The maximum atomic E-state index is 13.4. The number of cyclic esters (lactones) is 1. The molecule has 2 amide bonds. The number of nitrogens with one attached hydrogen (secondary N) is 1. The van der Waals surface area contributed by atoms with Crippen molar-refractivity contribution in [2.45, 2.75) is 57.1 Å². The van der Waals surface area contributed by atoms with Crippen LogP contribution in [0, 0.1) is 12.8 Å². The second-order valence-corrected chi connectivity index (χ2v) is 10.9. The van der Waals surface area contributed by atoms with E-state index in [-0.39, 0.29) is 23.7 Å². The van der Waals surface area contributed by atoms with Gasteiger partial charge in [-0.15, -0.1) is 11.8 Å². The second kappa shape index (κ2) is 9.59. The molecule has 33 heavy (non-hydrogen) atoms. The molecule has 2 heterocycles. The first kappa shape index (κ1) is 23.4. The summed E-state index contributed by atoms with van der Waals surface area (Å²) in [5.74, 6) is -0.771. The molecule has 0 aromatic heterocycles. The van der Waals surface area contributed by atoms with Gasteiger partial charge >= 0.3 is 5.97 Å². The molecule has 3 atom stereocenters. The van der Waals surface area contributed by atoms with Crippen LogP contribution in [-0.2, 0) is 32.1 Å². The predicted octanol–water partition coefficient (Wildman–Crippen LogP) is 3.47. The molecule has 6 nitrogen and oxygen atoms in total. The largest absolute Gasteiger partial charge is 0.452 e. The van der Waals surface area contributed by atoms with E-state index in [2.05, 4.69) is 5.32 Å². The maximum absolute atomic E-state index is 13.4. The molecule has 0 saturated carbocycles. The van der Waals surface area contributed by atoms with Crippen LogP contribution in [0.4, 0.5) is 0 Å². The van der Waals surface area contributed by atoms with Gasteiger partial charge in [0, 0.05) is 17.7 Å². The van der Waals surface area contributed by atoms with E-state index in [9.17, 15) is 14.4 Å². The zero-order chi connectivity index (χ0) is 23.6. The van der Waals surface area contributed by atoms with Crippen LogP contribution in [0.15, 0.2) is 54.6 Å². The van der Waals surface area contributed by atoms with Crippen molar-refractivity contribution in [1.29, 1.82) is 0 Å². The number of hydrogen-bond donors (Lipinski definition) is 1. The van der Waals surface area contributed by atoms with E-state index in [1.54, 1.807) is 16.7 Å². The molecule has 2 aliphatic heterocycles. The third kappa shape index (κ3) is 5.08. The lowest BCUT2D eigenvalue weighted by Crippen LogP contribution is -2.55. The van der Waals surface area contributed by atoms with Gasteiger partial charge in [0.25, 0.3) is 5.91 Å². The Balaban J connectivity index is 1.43. The Morgan fingerprint density at radius 3 is 2.55 bits per heavy atom. The number of benzene rings is 2. The quantitative estimate of drug-likeness (QED) is 0.660. The lowest BCUT2D eigenvalue weighted by Gasteiger charge is -2.31. The molecule has 4 rings (SSSR count). The Labute approximate surface area is 199 Å². The minimum Gasteiger partial charge on any atom is -0.452 e. The first-order valence-corrected chi connectivity index (χ1v) is 12.3. The van der Waals surface area contributed by atoms with E-state index in [0.717, 1.165) is 16.7 Å². The molecular formula is C26H30N2O4S. The van der Waals surface area contributed by atoms with Crippen molar-refractivity contribution in [2.24, 2.45) is 5.92 Å². The van der Waals surface area contributed by atoms with Crippen LogP contribution in [0.1, 0.15) is 37.0 Å². The van der Waals surface area contributed by atoms with Crippen molar-refractivity contribution in [3.63, 3.8) is 0 Å². The molecule has 2 saturated heterocycles. The SMILES string of the molecule is Cc1ccccc1CNC(=O)[C@H]1N(C(=O)[C@@H]2C[C@@H](Cc3ccccc3)C(=O)O2)CSC1(C)C. The highest BCUT2D eigenvalue weighted by molar-refractivity contribution is 8.00. The van der Waals surface area contributed by atoms with Gasteiger partial charge in [-0.1, -0.05) is 54.6 Å². The zero-order valence-electron chi connectivity index (χ0n) is 19.2.